The second kappa shape index (κ2) is 8.57. The highest BCUT2D eigenvalue weighted by molar-refractivity contribution is 7.91. The van der Waals surface area contributed by atoms with E-state index in [0.717, 1.165) is 16.6 Å². The van der Waals surface area contributed by atoms with Gasteiger partial charge in [-0.05, 0) is 42.7 Å². The lowest BCUT2D eigenvalue weighted by atomic mass is 10.1. The first-order valence-electron chi connectivity index (χ1n) is 10.8. The van der Waals surface area contributed by atoms with Crippen LogP contribution in [0.3, 0.4) is 0 Å². The van der Waals surface area contributed by atoms with Gasteiger partial charge >= 0.3 is 0 Å². The maximum Gasteiger partial charge on any atom is 0.283 e. The van der Waals surface area contributed by atoms with Crippen molar-refractivity contribution < 1.29 is 22.3 Å². The molecule has 1 aliphatic carbocycles. The quantitative estimate of drug-likeness (QED) is 0.431. The van der Waals surface area contributed by atoms with Crippen molar-refractivity contribution >= 4 is 26.8 Å². The summed E-state index contributed by atoms with van der Waals surface area (Å²) in [5.41, 5.74) is 2.96. The number of aromatic nitrogens is 2. The zero-order chi connectivity index (χ0) is 23.9. The Kier molecular flexibility index (Phi) is 5.57. The summed E-state index contributed by atoms with van der Waals surface area (Å²) in [6.45, 7) is 0.246. The van der Waals surface area contributed by atoms with Gasteiger partial charge in [0, 0.05) is 17.1 Å². The number of fused-ring (bicyclic) bond motifs is 1. The van der Waals surface area contributed by atoms with Crippen LogP contribution in [0.1, 0.15) is 29.0 Å². The number of nitrogens with one attached hydrogen (secondary N) is 1. The van der Waals surface area contributed by atoms with Crippen molar-refractivity contribution in [2.45, 2.75) is 24.6 Å². The van der Waals surface area contributed by atoms with Gasteiger partial charge in [0.05, 0.1) is 30.1 Å². The molecule has 1 saturated carbocycles. The predicted molar refractivity (Wildman–Crippen MR) is 127 cm³/mol. The maximum absolute atomic E-state index is 14.6. The normalized spacial score (nSPS) is 13.7. The summed E-state index contributed by atoms with van der Waals surface area (Å²) in [7, 11) is -2.26. The minimum atomic E-state index is -3.68. The van der Waals surface area contributed by atoms with Crippen LogP contribution >= 0.6 is 0 Å². The number of methoxy groups -OCH3 is 1. The lowest BCUT2D eigenvalue weighted by molar-refractivity contribution is 0.0976. The fourth-order valence-electron chi connectivity index (χ4n) is 3.94. The molecule has 7 nitrogen and oxygen atoms in total. The number of halogens is 1. The smallest absolute Gasteiger partial charge is 0.283 e. The SMILES string of the molecule is COc1cc2cc(-c3ccccc3)n(Cc3cccc(C(=O)NS(=O)(=O)C4CC4)n3)c2cc1F. The number of rotatable bonds is 7. The minimum absolute atomic E-state index is 0.00676. The second-order valence-corrected chi connectivity index (χ2v) is 10.2. The number of benzene rings is 2. The number of carbonyl (C=O) groups excluding carboxylic acids is 1. The maximum atomic E-state index is 14.6. The van der Waals surface area contributed by atoms with E-state index in [0.29, 0.717) is 24.1 Å². The van der Waals surface area contributed by atoms with Crippen LogP contribution in [0.5, 0.6) is 5.75 Å². The molecule has 0 bridgehead atoms. The second-order valence-electron chi connectivity index (χ2n) is 8.22. The molecule has 0 saturated heterocycles. The molecule has 0 unspecified atom stereocenters. The molecule has 2 heterocycles. The van der Waals surface area contributed by atoms with Crippen molar-refractivity contribution in [3.05, 3.63) is 83.9 Å². The summed E-state index contributed by atoms with van der Waals surface area (Å²) in [6.07, 6.45) is 1.11. The number of ether oxygens (including phenoxy) is 1. The number of amides is 1. The van der Waals surface area contributed by atoms with Crippen molar-refractivity contribution in [2.75, 3.05) is 7.11 Å². The number of pyridine rings is 1. The predicted octanol–water partition coefficient (Wildman–Crippen LogP) is 4.12. The Morgan fingerprint density at radius 1 is 1.12 bits per heavy atom. The molecule has 5 rings (SSSR count). The molecule has 1 aliphatic rings. The molecule has 1 N–H and O–H groups in total. The van der Waals surface area contributed by atoms with Crippen molar-refractivity contribution in [3.63, 3.8) is 0 Å². The van der Waals surface area contributed by atoms with Gasteiger partial charge in [-0.2, -0.15) is 0 Å². The van der Waals surface area contributed by atoms with Crippen LogP contribution in [-0.2, 0) is 16.6 Å². The van der Waals surface area contributed by atoms with Gasteiger partial charge in [0.1, 0.15) is 5.69 Å². The number of carbonyl (C=O) groups is 1. The molecular weight excluding hydrogens is 457 g/mol. The third kappa shape index (κ3) is 4.26. The molecule has 1 amide bonds. The lowest BCUT2D eigenvalue weighted by Gasteiger charge is -2.12. The number of nitrogens with zero attached hydrogens (tertiary/aromatic N) is 2. The van der Waals surface area contributed by atoms with Crippen LogP contribution in [0.15, 0.2) is 66.7 Å². The highest BCUT2D eigenvalue weighted by atomic mass is 32.2. The highest BCUT2D eigenvalue weighted by Gasteiger charge is 2.37. The zero-order valence-corrected chi connectivity index (χ0v) is 19.2. The molecule has 2 aromatic carbocycles. The first-order valence-corrected chi connectivity index (χ1v) is 12.3. The molecule has 4 aromatic rings. The van der Waals surface area contributed by atoms with E-state index >= 15 is 0 Å². The largest absolute Gasteiger partial charge is 0.494 e. The van der Waals surface area contributed by atoms with Gasteiger partial charge in [-0.25, -0.2) is 22.5 Å². The summed E-state index contributed by atoms with van der Waals surface area (Å²) in [5, 5.41) is 0.285. The van der Waals surface area contributed by atoms with Gasteiger partial charge in [0.25, 0.3) is 5.91 Å². The molecule has 0 radical (unpaired) electrons. The fraction of sp³-hybridized carbons (Fsp3) is 0.200. The topological polar surface area (TPSA) is 90.3 Å². The van der Waals surface area contributed by atoms with E-state index in [-0.39, 0.29) is 18.0 Å². The monoisotopic (exact) mass is 479 g/mol. The van der Waals surface area contributed by atoms with Gasteiger partial charge in [0.15, 0.2) is 11.6 Å². The Morgan fingerprint density at radius 3 is 2.59 bits per heavy atom. The number of hydrogen-bond donors (Lipinski definition) is 1. The average molecular weight is 480 g/mol. The summed E-state index contributed by atoms with van der Waals surface area (Å²) in [5.74, 6) is -1.09. The Hall–Kier alpha value is -3.72. The van der Waals surface area contributed by atoms with E-state index in [1.165, 1.54) is 19.2 Å². The molecule has 174 valence electrons. The average Bonchev–Trinajstić information content (AvgIpc) is 3.64. The first-order chi connectivity index (χ1) is 16.4. The minimum Gasteiger partial charge on any atom is -0.494 e. The Balaban J connectivity index is 1.54. The zero-order valence-electron chi connectivity index (χ0n) is 18.4. The van der Waals surface area contributed by atoms with Crippen LogP contribution in [0.4, 0.5) is 4.39 Å². The van der Waals surface area contributed by atoms with E-state index in [4.69, 9.17) is 4.74 Å². The van der Waals surface area contributed by atoms with Crippen molar-refractivity contribution in [3.8, 4) is 17.0 Å². The van der Waals surface area contributed by atoms with Crippen molar-refractivity contribution in [1.82, 2.24) is 14.3 Å². The fourth-order valence-corrected chi connectivity index (χ4v) is 5.22. The third-order valence-electron chi connectivity index (χ3n) is 5.80. The summed E-state index contributed by atoms with van der Waals surface area (Å²) in [4.78, 5) is 16.9. The molecule has 0 atom stereocenters. The molecule has 34 heavy (non-hydrogen) atoms. The standard InChI is InChI=1S/C25H22FN3O4S/c1-33-24-13-17-12-22(16-6-3-2-4-7-16)29(23(17)14-20(24)26)15-18-8-5-9-21(27-18)25(30)28-34(31,32)19-10-11-19/h2-9,12-14,19H,10-11,15H2,1H3,(H,28,30). The lowest BCUT2D eigenvalue weighted by Crippen LogP contribution is -2.33. The summed E-state index contributed by atoms with van der Waals surface area (Å²) < 4.78 is 48.0. The molecule has 1 fully saturated rings. The Labute approximate surface area is 196 Å². The highest BCUT2D eigenvalue weighted by Crippen LogP contribution is 2.33. The van der Waals surface area contributed by atoms with Gasteiger partial charge in [-0.3, -0.25) is 4.79 Å². The molecule has 0 aliphatic heterocycles. The van der Waals surface area contributed by atoms with Gasteiger partial charge in [-0.1, -0.05) is 36.4 Å². The van der Waals surface area contributed by atoms with Gasteiger partial charge in [0.2, 0.25) is 10.0 Å². The first kappa shape index (κ1) is 22.1. The summed E-state index contributed by atoms with van der Waals surface area (Å²) in [6, 6.07) is 19.5. The summed E-state index contributed by atoms with van der Waals surface area (Å²) >= 11 is 0. The molecule has 2 aromatic heterocycles. The van der Waals surface area contributed by atoms with Crippen LogP contribution in [0, 0.1) is 5.82 Å². The van der Waals surface area contributed by atoms with Crippen LogP contribution in [0.25, 0.3) is 22.2 Å². The van der Waals surface area contributed by atoms with Gasteiger partial charge < -0.3 is 9.30 Å². The van der Waals surface area contributed by atoms with E-state index in [9.17, 15) is 17.6 Å². The van der Waals surface area contributed by atoms with E-state index in [2.05, 4.69) is 9.71 Å². The Bertz CT molecular complexity index is 1500. The van der Waals surface area contributed by atoms with E-state index in [1.54, 1.807) is 18.2 Å². The van der Waals surface area contributed by atoms with Gasteiger partial charge in [-0.15, -0.1) is 0 Å². The number of hydrogen-bond acceptors (Lipinski definition) is 5. The van der Waals surface area contributed by atoms with Crippen LogP contribution < -0.4 is 9.46 Å². The van der Waals surface area contributed by atoms with E-state index < -0.39 is 27.0 Å². The molecule has 9 heteroatoms. The van der Waals surface area contributed by atoms with Crippen LogP contribution in [0.2, 0.25) is 0 Å². The van der Waals surface area contributed by atoms with Crippen molar-refractivity contribution in [2.24, 2.45) is 0 Å². The van der Waals surface area contributed by atoms with Crippen molar-refractivity contribution in [1.29, 1.82) is 0 Å². The third-order valence-corrected chi connectivity index (χ3v) is 7.62. The molecule has 0 spiro atoms. The van der Waals surface area contributed by atoms with E-state index in [1.807, 2.05) is 41.0 Å². The number of sulfonamides is 1. The Morgan fingerprint density at radius 2 is 1.88 bits per heavy atom. The van der Waals surface area contributed by atoms with Crippen LogP contribution in [-0.4, -0.2) is 36.2 Å². The molecular formula is C25H22FN3O4S.